The summed E-state index contributed by atoms with van der Waals surface area (Å²) < 4.78 is 4.96. The van der Waals surface area contributed by atoms with Gasteiger partial charge in [0.15, 0.2) is 0 Å². The molecule has 0 aliphatic heterocycles. The van der Waals surface area contributed by atoms with Crippen molar-refractivity contribution in [2.45, 2.75) is 138 Å². The van der Waals surface area contributed by atoms with Crippen LogP contribution in [0.2, 0.25) is 0 Å². The van der Waals surface area contributed by atoms with E-state index in [0.29, 0.717) is 19.5 Å². The average molecular weight is 427 g/mol. The zero-order chi connectivity index (χ0) is 23.0. The highest BCUT2D eigenvalue weighted by Gasteiger charge is 2.39. The Bertz CT molecular complexity index is 405. The number of aliphatic hydroxyl groups excluding tert-OH is 1. The summed E-state index contributed by atoms with van der Waals surface area (Å²) in [5, 5.41) is 11.4. The van der Waals surface area contributed by atoms with Gasteiger partial charge in [-0.25, -0.2) is 0 Å². The highest BCUT2D eigenvalue weighted by molar-refractivity contribution is 5.36. The molecule has 3 nitrogen and oxygen atoms in total. The maximum Gasteiger partial charge on any atom is 0.293 e. The molecule has 0 saturated heterocycles. The van der Waals surface area contributed by atoms with Gasteiger partial charge in [-0.05, 0) is 35.5 Å². The maximum absolute atomic E-state index is 11.4. The average Bonchev–Trinajstić information content (AvgIpc) is 2.63. The van der Waals surface area contributed by atoms with Crippen LogP contribution in [0, 0.1) is 22.7 Å². The van der Waals surface area contributed by atoms with Gasteiger partial charge in [-0.1, -0.05) is 119 Å². The van der Waals surface area contributed by atoms with E-state index in [0.717, 1.165) is 6.42 Å². The van der Waals surface area contributed by atoms with E-state index < -0.39 is 0 Å². The molecule has 1 N–H and O–H groups in total. The van der Waals surface area contributed by atoms with Crippen LogP contribution in [0.1, 0.15) is 132 Å². The third kappa shape index (κ3) is 13.7. The molecule has 0 amide bonds. The first-order valence-electron chi connectivity index (χ1n) is 12.8. The molecular formula is C27H54O3. The van der Waals surface area contributed by atoms with E-state index in [-0.39, 0.29) is 28.8 Å². The molecule has 0 spiro atoms. The number of hydrogen-bond donors (Lipinski definition) is 1. The van der Waals surface area contributed by atoms with Crippen LogP contribution in [0.25, 0.3) is 0 Å². The van der Waals surface area contributed by atoms with E-state index in [1.165, 1.54) is 70.6 Å². The summed E-state index contributed by atoms with van der Waals surface area (Å²) in [6, 6.07) is 0. The molecule has 3 atom stereocenters. The Morgan fingerprint density at radius 2 is 1.10 bits per heavy atom. The molecule has 0 saturated carbocycles. The fourth-order valence-electron chi connectivity index (χ4n) is 4.78. The summed E-state index contributed by atoms with van der Waals surface area (Å²) in [7, 11) is 0. The molecule has 30 heavy (non-hydrogen) atoms. The zero-order valence-electron chi connectivity index (χ0n) is 21.5. The second-order valence-corrected chi connectivity index (χ2v) is 11.5. The summed E-state index contributed by atoms with van der Waals surface area (Å²) in [6.45, 7) is 16.5. The summed E-state index contributed by atoms with van der Waals surface area (Å²) in [5.41, 5.74) is 0.0409. The Labute approximate surface area is 188 Å². The monoisotopic (exact) mass is 426 g/mol. The molecule has 0 aromatic rings. The third-order valence-electron chi connectivity index (χ3n) is 6.78. The number of aliphatic hydroxyl groups is 1. The lowest BCUT2D eigenvalue weighted by Gasteiger charge is -2.43. The normalized spacial score (nSPS) is 15.6. The van der Waals surface area contributed by atoms with Crippen LogP contribution in [0.4, 0.5) is 0 Å². The molecule has 3 heteroatoms. The quantitative estimate of drug-likeness (QED) is 0.179. The van der Waals surface area contributed by atoms with Crippen molar-refractivity contribution >= 4 is 6.47 Å². The number of ether oxygens (including phenoxy) is 1. The second-order valence-electron chi connectivity index (χ2n) is 11.5. The van der Waals surface area contributed by atoms with Crippen LogP contribution in [0.5, 0.6) is 0 Å². The molecular weight excluding hydrogens is 372 g/mol. The van der Waals surface area contributed by atoms with Crippen LogP contribution >= 0.6 is 0 Å². The van der Waals surface area contributed by atoms with E-state index in [1.807, 2.05) is 0 Å². The van der Waals surface area contributed by atoms with Gasteiger partial charge in [0.05, 0.1) is 12.7 Å². The van der Waals surface area contributed by atoms with Gasteiger partial charge in [0.25, 0.3) is 6.47 Å². The van der Waals surface area contributed by atoms with Gasteiger partial charge in [0.1, 0.15) is 0 Å². The second kappa shape index (κ2) is 16.1. The minimum absolute atomic E-state index is 0.0215. The molecule has 0 aromatic carbocycles. The number of rotatable bonds is 18. The molecule has 0 rings (SSSR count). The van der Waals surface area contributed by atoms with Crippen molar-refractivity contribution in [3.63, 3.8) is 0 Å². The smallest absolute Gasteiger partial charge is 0.293 e. The minimum atomic E-state index is -0.372. The summed E-state index contributed by atoms with van der Waals surface area (Å²) in [4.78, 5) is 10.5. The number of carbonyl (C=O) groups excluding carboxylic acids is 1. The fraction of sp³-hybridized carbons (Fsp3) is 0.963. The van der Waals surface area contributed by atoms with Crippen LogP contribution in [0.3, 0.4) is 0 Å². The van der Waals surface area contributed by atoms with Gasteiger partial charge in [-0.2, -0.15) is 0 Å². The molecule has 3 unspecified atom stereocenters. The van der Waals surface area contributed by atoms with Crippen molar-refractivity contribution in [2.75, 3.05) is 6.61 Å². The minimum Gasteiger partial charge on any atom is -0.468 e. The molecule has 0 aromatic heterocycles. The number of unbranched alkanes of at least 4 members (excludes halogenated alkanes) is 10. The first kappa shape index (κ1) is 29.4. The van der Waals surface area contributed by atoms with E-state index in [9.17, 15) is 9.90 Å². The van der Waals surface area contributed by atoms with Gasteiger partial charge in [0, 0.05) is 0 Å². The predicted molar refractivity (Wildman–Crippen MR) is 130 cm³/mol. The summed E-state index contributed by atoms with van der Waals surface area (Å²) in [5.74, 6) is 0.380. The Morgan fingerprint density at radius 3 is 1.50 bits per heavy atom. The van der Waals surface area contributed by atoms with E-state index in [1.54, 1.807) is 0 Å². The van der Waals surface area contributed by atoms with Crippen LogP contribution < -0.4 is 0 Å². The SMILES string of the molecule is CCCCCCCCCCCCCC(C(O)C(CCOC=O)C(C)(C)C)C(C)(C)C. The standard InChI is InChI=1S/C27H54O3/c1-8-9-10-11-12-13-14-15-16-17-18-19-23(26(2,3)4)25(29)24(27(5,6)7)20-21-30-22-28/h22-25,29H,8-21H2,1-7H3. The van der Waals surface area contributed by atoms with Crippen molar-refractivity contribution in [2.24, 2.45) is 22.7 Å². The summed E-state index contributed by atoms with van der Waals surface area (Å²) >= 11 is 0. The Kier molecular flexibility index (Phi) is 15.8. The fourth-order valence-corrected chi connectivity index (χ4v) is 4.78. The van der Waals surface area contributed by atoms with E-state index in [2.05, 4.69) is 48.5 Å². The predicted octanol–water partition coefficient (Wildman–Crippen LogP) is 7.94. The first-order valence-corrected chi connectivity index (χ1v) is 12.8. The van der Waals surface area contributed by atoms with Gasteiger partial charge in [-0.3, -0.25) is 4.79 Å². The third-order valence-corrected chi connectivity index (χ3v) is 6.78. The largest absolute Gasteiger partial charge is 0.468 e. The zero-order valence-corrected chi connectivity index (χ0v) is 21.5. The van der Waals surface area contributed by atoms with E-state index in [4.69, 9.17) is 4.74 Å². The molecule has 0 aliphatic rings. The highest BCUT2D eigenvalue weighted by atomic mass is 16.5. The Hall–Kier alpha value is -0.570. The van der Waals surface area contributed by atoms with Gasteiger partial charge < -0.3 is 9.84 Å². The van der Waals surface area contributed by atoms with Gasteiger partial charge >= 0.3 is 0 Å². The lowest BCUT2D eigenvalue weighted by Crippen LogP contribution is -2.43. The lowest BCUT2D eigenvalue weighted by atomic mass is 9.65. The van der Waals surface area contributed by atoms with Crippen molar-refractivity contribution in [1.82, 2.24) is 0 Å². The molecule has 0 radical (unpaired) electrons. The molecule has 0 fully saturated rings. The lowest BCUT2D eigenvalue weighted by molar-refractivity contribution is -0.130. The highest BCUT2D eigenvalue weighted by Crippen LogP contribution is 2.42. The van der Waals surface area contributed by atoms with Crippen molar-refractivity contribution in [3.8, 4) is 0 Å². The van der Waals surface area contributed by atoms with Crippen molar-refractivity contribution < 1.29 is 14.6 Å². The Balaban J connectivity index is 4.42. The number of carbonyl (C=O) groups is 1. The van der Waals surface area contributed by atoms with Gasteiger partial charge in [-0.15, -0.1) is 0 Å². The topological polar surface area (TPSA) is 46.5 Å². The van der Waals surface area contributed by atoms with Crippen molar-refractivity contribution in [1.29, 1.82) is 0 Å². The molecule has 180 valence electrons. The molecule has 0 aliphatic carbocycles. The van der Waals surface area contributed by atoms with Gasteiger partial charge in [0.2, 0.25) is 0 Å². The Morgan fingerprint density at radius 1 is 0.700 bits per heavy atom. The molecule has 0 bridgehead atoms. The van der Waals surface area contributed by atoms with Crippen LogP contribution in [-0.4, -0.2) is 24.3 Å². The maximum atomic E-state index is 11.4. The summed E-state index contributed by atoms with van der Waals surface area (Å²) in [6.07, 6.45) is 16.2. The van der Waals surface area contributed by atoms with Crippen LogP contribution in [-0.2, 0) is 9.53 Å². The van der Waals surface area contributed by atoms with Crippen molar-refractivity contribution in [3.05, 3.63) is 0 Å². The molecule has 0 heterocycles. The van der Waals surface area contributed by atoms with Crippen LogP contribution in [0.15, 0.2) is 0 Å². The first-order chi connectivity index (χ1) is 14.1. The van der Waals surface area contributed by atoms with E-state index >= 15 is 0 Å². The number of hydrogen-bond acceptors (Lipinski definition) is 3.